The van der Waals surface area contributed by atoms with E-state index in [0.717, 1.165) is 0 Å². The van der Waals surface area contributed by atoms with E-state index in [9.17, 15) is 9.59 Å². The van der Waals surface area contributed by atoms with E-state index in [1.165, 1.54) is 6.20 Å². The molecule has 0 saturated heterocycles. The summed E-state index contributed by atoms with van der Waals surface area (Å²) in [5.41, 5.74) is -0.107. The Hall–Kier alpha value is -1.65. The highest BCUT2D eigenvalue weighted by Crippen LogP contribution is 1.91. The van der Waals surface area contributed by atoms with Crippen LogP contribution in [0.4, 0.5) is 0 Å². The first-order chi connectivity index (χ1) is 6.15. The number of nitrogens with one attached hydrogen (secondary N) is 1. The number of nitrogens with zero attached hydrogens (tertiary/aromatic N) is 1. The van der Waals surface area contributed by atoms with Crippen LogP contribution in [0.2, 0.25) is 0 Å². The first-order valence-electron chi connectivity index (χ1n) is 3.88. The molecule has 0 aliphatic heterocycles. The zero-order valence-corrected chi connectivity index (χ0v) is 7.46. The fourth-order valence-corrected chi connectivity index (χ4v) is 0.835. The number of carbonyl (C=O) groups is 1. The molecule has 0 saturated carbocycles. The number of rotatable bonds is 2. The lowest BCUT2D eigenvalue weighted by Gasteiger charge is -1.99. The lowest BCUT2D eigenvalue weighted by molar-refractivity contribution is 0.0517. The van der Waals surface area contributed by atoms with Gasteiger partial charge >= 0.3 is 5.97 Å². The van der Waals surface area contributed by atoms with Gasteiger partial charge in [-0.2, -0.15) is 0 Å². The molecule has 0 aliphatic rings. The minimum atomic E-state index is -0.691. The van der Waals surface area contributed by atoms with Gasteiger partial charge in [0.15, 0.2) is 0 Å². The van der Waals surface area contributed by atoms with E-state index in [0.29, 0.717) is 5.69 Å². The average Bonchev–Trinajstić information content (AvgIpc) is 2.04. The van der Waals surface area contributed by atoms with Crippen LogP contribution in [-0.2, 0) is 4.74 Å². The summed E-state index contributed by atoms with van der Waals surface area (Å²) in [5.74, 6) is -0.691. The van der Waals surface area contributed by atoms with Crippen LogP contribution >= 0.6 is 0 Å². The van der Waals surface area contributed by atoms with Gasteiger partial charge in [-0.25, -0.2) is 9.78 Å². The van der Waals surface area contributed by atoms with Crippen LogP contribution < -0.4 is 5.56 Å². The van der Waals surface area contributed by atoms with E-state index in [-0.39, 0.29) is 12.3 Å². The molecule has 0 atom stereocenters. The molecule has 0 bridgehead atoms. The Morgan fingerprint density at radius 2 is 2.38 bits per heavy atom. The van der Waals surface area contributed by atoms with E-state index < -0.39 is 11.5 Å². The molecule has 1 rings (SSSR count). The van der Waals surface area contributed by atoms with Gasteiger partial charge in [0, 0.05) is 11.9 Å². The number of esters is 1. The van der Waals surface area contributed by atoms with Crippen molar-refractivity contribution in [1.29, 1.82) is 0 Å². The molecular formula is C8H10N2O3. The second-order valence-electron chi connectivity index (χ2n) is 2.46. The van der Waals surface area contributed by atoms with E-state index in [1.54, 1.807) is 13.8 Å². The first-order valence-corrected chi connectivity index (χ1v) is 3.88. The summed E-state index contributed by atoms with van der Waals surface area (Å²) < 4.78 is 4.63. The highest BCUT2D eigenvalue weighted by molar-refractivity contribution is 5.86. The molecule has 70 valence electrons. The van der Waals surface area contributed by atoms with Crippen LogP contribution in [0.5, 0.6) is 0 Å². The molecule has 1 aromatic rings. The Bertz CT molecular complexity index is 370. The van der Waals surface area contributed by atoms with Gasteiger partial charge in [-0.05, 0) is 13.8 Å². The number of ether oxygens (including phenoxy) is 1. The van der Waals surface area contributed by atoms with Crippen molar-refractivity contribution in [2.24, 2.45) is 0 Å². The number of H-pyrrole nitrogens is 1. The minimum Gasteiger partial charge on any atom is -0.461 e. The van der Waals surface area contributed by atoms with Crippen LogP contribution in [0.3, 0.4) is 0 Å². The van der Waals surface area contributed by atoms with Gasteiger partial charge in [0.1, 0.15) is 0 Å². The molecule has 0 fully saturated rings. The number of aromatic amines is 1. The molecule has 1 N–H and O–H groups in total. The smallest absolute Gasteiger partial charge is 0.362 e. The number of aromatic nitrogens is 2. The topological polar surface area (TPSA) is 72.0 Å². The molecule has 1 heterocycles. The van der Waals surface area contributed by atoms with Crippen molar-refractivity contribution in [3.05, 3.63) is 27.9 Å². The maximum atomic E-state index is 11.1. The molecule has 1 aromatic heterocycles. The van der Waals surface area contributed by atoms with Crippen molar-refractivity contribution in [2.75, 3.05) is 6.61 Å². The number of hydrogen-bond donors (Lipinski definition) is 1. The molecule has 0 amide bonds. The summed E-state index contributed by atoms with van der Waals surface area (Å²) in [6, 6.07) is 0. The zero-order chi connectivity index (χ0) is 9.84. The summed E-state index contributed by atoms with van der Waals surface area (Å²) in [6.07, 6.45) is 1.41. The van der Waals surface area contributed by atoms with E-state index in [2.05, 4.69) is 14.7 Å². The second kappa shape index (κ2) is 3.84. The zero-order valence-electron chi connectivity index (χ0n) is 7.46. The van der Waals surface area contributed by atoms with E-state index >= 15 is 0 Å². The van der Waals surface area contributed by atoms with Gasteiger partial charge in [0.25, 0.3) is 5.56 Å². The van der Waals surface area contributed by atoms with Crippen molar-refractivity contribution < 1.29 is 9.53 Å². The van der Waals surface area contributed by atoms with Crippen LogP contribution in [0.15, 0.2) is 11.0 Å². The minimum absolute atomic E-state index is 0.201. The predicted molar refractivity (Wildman–Crippen MR) is 45.6 cm³/mol. The Kier molecular flexibility index (Phi) is 2.79. The highest BCUT2D eigenvalue weighted by Gasteiger charge is 2.12. The van der Waals surface area contributed by atoms with E-state index in [1.807, 2.05) is 0 Å². The third-order valence-corrected chi connectivity index (χ3v) is 1.38. The molecule has 0 unspecified atom stereocenters. The standard InChI is InChI=1S/C8H10N2O3/c1-3-13-8(12)6-7(11)10-5(2)4-9-6/h4H,3H2,1-2H3,(H,10,11). The Balaban J connectivity index is 3.02. The fourth-order valence-electron chi connectivity index (χ4n) is 0.835. The summed E-state index contributed by atoms with van der Waals surface area (Å²) in [7, 11) is 0. The number of aryl methyl sites for hydroxylation is 1. The second-order valence-corrected chi connectivity index (χ2v) is 2.46. The van der Waals surface area contributed by atoms with Crippen molar-refractivity contribution >= 4 is 5.97 Å². The molecule has 5 nitrogen and oxygen atoms in total. The first kappa shape index (κ1) is 9.44. The Morgan fingerprint density at radius 3 is 2.92 bits per heavy atom. The third kappa shape index (κ3) is 2.14. The Labute approximate surface area is 74.8 Å². The highest BCUT2D eigenvalue weighted by atomic mass is 16.5. The normalized spacial score (nSPS) is 9.69. The molecular weight excluding hydrogens is 172 g/mol. The van der Waals surface area contributed by atoms with Gasteiger partial charge in [0.2, 0.25) is 5.69 Å². The van der Waals surface area contributed by atoms with Gasteiger partial charge in [0.05, 0.1) is 6.61 Å². The molecule has 0 radical (unpaired) electrons. The summed E-state index contributed by atoms with van der Waals surface area (Å²) >= 11 is 0. The monoisotopic (exact) mass is 182 g/mol. The van der Waals surface area contributed by atoms with Gasteiger partial charge in [-0.1, -0.05) is 0 Å². The van der Waals surface area contributed by atoms with Crippen molar-refractivity contribution in [3.8, 4) is 0 Å². The van der Waals surface area contributed by atoms with Crippen LogP contribution in [0.25, 0.3) is 0 Å². The fraction of sp³-hybridized carbons (Fsp3) is 0.375. The maximum absolute atomic E-state index is 11.1. The van der Waals surface area contributed by atoms with Gasteiger partial charge < -0.3 is 9.72 Å². The predicted octanol–water partition coefficient (Wildman–Crippen LogP) is 0.255. The van der Waals surface area contributed by atoms with Crippen LogP contribution in [-0.4, -0.2) is 22.5 Å². The van der Waals surface area contributed by atoms with Crippen molar-refractivity contribution in [2.45, 2.75) is 13.8 Å². The lowest BCUT2D eigenvalue weighted by Crippen LogP contribution is -2.22. The van der Waals surface area contributed by atoms with Crippen molar-refractivity contribution in [3.63, 3.8) is 0 Å². The SMILES string of the molecule is CCOC(=O)c1ncc(C)[nH]c1=O. The number of hydrogen-bond acceptors (Lipinski definition) is 4. The summed E-state index contributed by atoms with van der Waals surface area (Å²) in [4.78, 5) is 28.3. The van der Waals surface area contributed by atoms with Gasteiger partial charge in [-0.15, -0.1) is 0 Å². The quantitative estimate of drug-likeness (QED) is 0.665. The lowest BCUT2D eigenvalue weighted by atomic mass is 10.4. The molecule has 5 heteroatoms. The maximum Gasteiger partial charge on any atom is 0.362 e. The third-order valence-electron chi connectivity index (χ3n) is 1.38. The van der Waals surface area contributed by atoms with Crippen LogP contribution in [0.1, 0.15) is 23.1 Å². The molecule has 13 heavy (non-hydrogen) atoms. The average molecular weight is 182 g/mol. The molecule has 0 aliphatic carbocycles. The summed E-state index contributed by atoms with van der Waals surface area (Å²) in [5, 5.41) is 0. The van der Waals surface area contributed by atoms with Gasteiger partial charge in [-0.3, -0.25) is 4.79 Å². The molecule has 0 aromatic carbocycles. The molecule has 0 spiro atoms. The van der Waals surface area contributed by atoms with E-state index in [4.69, 9.17) is 0 Å². The number of carbonyl (C=O) groups excluding carboxylic acids is 1. The van der Waals surface area contributed by atoms with Crippen molar-refractivity contribution in [1.82, 2.24) is 9.97 Å². The Morgan fingerprint density at radius 1 is 1.69 bits per heavy atom. The largest absolute Gasteiger partial charge is 0.461 e. The summed E-state index contributed by atoms with van der Waals surface area (Å²) in [6.45, 7) is 3.58. The van der Waals surface area contributed by atoms with Crippen LogP contribution in [0, 0.1) is 6.92 Å².